The minimum absolute atomic E-state index is 0.214. The Balaban J connectivity index is 2.12. The van der Waals surface area contributed by atoms with E-state index in [0.29, 0.717) is 0 Å². The van der Waals surface area contributed by atoms with E-state index in [1.165, 1.54) is 6.42 Å². The maximum absolute atomic E-state index is 12.1. The molecule has 40 valence electrons. The predicted molar refractivity (Wildman–Crippen MR) is 27.4 cm³/mol. The molecule has 1 aliphatic rings. The van der Waals surface area contributed by atoms with Gasteiger partial charge in [0.1, 0.15) is 12.8 Å². The summed E-state index contributed by atoms with van der Waals surface area (Å²) in [5.41, 5.74) is 0. The normalized spacial score (nSPS) is 22.7. The van der Waals surface area contributed by atoms with E-state index in [0.717, 1.165) is 25.7 Å². The molecular formula is C6H10F+. The zero-order valence-corrected chi connectivity index (χ0v) is 4.41. The molecule has 0 unspecified atom stereocenters. The molecular weight excluding hydrogens is 91.1 g/mol. The summed E-state index contributed by atoms with van der Waals surface area (Å²) in [6.07, 6.45) is 5.07. The molecule has 0 amide bonds. The molecule has 0 heterocycles. The molecule has 1 rings (SSSR count). The van der Waals surface area contributed by atoms with Gasteiger partial charge in [-0.2, -0.15) is 0 Å². The Bertz CT molecular complexity index is 46.1. The van der Waals surface area contributed by atoms with Crippen LogP contribution in [0.2, 0.25) is 0 Å². The maximum Gasteiger partial charge on any atom is 0.299 e. The summed E-state index contributed by atoms with van der Waals surface area (Å²) in [7, 11) is 0. The van der Waals surface area contributed by atoms with Crippen LogP contribution in [-0.4, -0.2) is 0 Å². The molecule has 1 heteroatoms. The van der Waals surface area contributed by atoms with Crippen LogP contribution in [0.5, 0.6) is 0 Å². The van der Waals surface area contributed by atoms with Gasteiger partial charge in [-0.15, -0.1) is 0 Å². The molecule has 1 aliphatic carbocycles. The molecule has 0 N–H and O–H groups in total. The smallest absolute Gasteiger partial charge is 0.0449 e. The van der Waals surface area contributed by atoms with Crippen LogP contribution in [0.4, 0.5) is 4.39 Å². The van der Waals surface area contributed by atoms with Crippen LogP contribution in [0.25, 0.3) is 0 Å². The summed E-state index contributed by atoms with van der Waals surface area (Å²) in [6, 6.07) is 0. The summed E-state index contributed by atoms with van der Waals surface area (Å²) in [5.74, 6) is 0. The molecule has 0 aromatic carbocycles. The van der Waals surface area contributed by atoms with Crippen LogP contribution in [0.3, 0.4) is 0 Å². The Morgan fingerprint density at radius 1 is 1.00 bits per heavy atom. The van der Waals surface area contributed by atoms with Crippen molar-refractivity contribution in [2.75, 3.05) is 0 Å². The highest BCUT2D eigenvalue weighted by Gasteiger charge is 2.23. The fourth-order valence-electron chi connectivity index (χ4n) is 0.935. The van der Waals surface area contributed by atoms with Gasteiger partial charge in [-0.1, -0.05) is 0 Å². The van der Waals surface area contributed by atoms with Crippen LogP contribution in [0, 0.1) is 6.17 Å². The molecule has 0 aliphatic heterocycles. The zero-order chi connectivity index (χ0) is 5.11. The minimum Gasteiger partial charge on any atom is -0.0449 e. The topological polar surface area (TPSA) is 0 Å². The highest BCUT2D eigenvalue weighted by molar-refractivity contribution is 4.79. The third-order valence-electron chi connectivity index (χ3n) is 1.40. The summed E-state index contributed by atoms with van der Waals surface area (Å²) >= 11 is 0. The van der Waals surface area contributed by atoms with E-state index in [4.69, 9.17) is 0 Å². The van der Waals surface area contributed by atoms with Gasteiger partial charge in [0.25, 0.3) is 6.17 Å². The van der Waals surface area contributed by atoms with Gasteiger partial charge in [-0.05, 0) is 23.7 Å². The molecule has 0 aromatic rings. The van der Waals surface area contributed by atoms with Crippen molar-refractivity contribution in [3.63, 3.8) is 0 Å². The summed E-state index contributed by atoms with van der Waals surface area (Å²) < 4.78 is 12.1. The van der Waals surface area contributed by atoms with Gasteiger partial charge in [0, 0.05) is 0 Å². The predicted octanol–water partition coefficient (Wildman–Crippen LogP) is 2.45. The third kappa shape index (κ3) is 1.38. The molecule has 0 spiro atoms. The number of rotatable bonds is 0. The first kappa shape index (κ1) is 4.95. The van der Waals surface area contributed by atoms with Crippen molar-refractivity contribution < 1.29 is 4.39 Å². The van der Waals surface area contributed by atoms with Crippen molar-refractivity contribution in [3.8, 4) is 0 Å². The fraction of sp³-hybridized carbons (Fsp3) is 0.833. The molecule has 1 fully saturated rings. The highest BCUT2D eigenvalue weighted by Crippen LogP contribution is 2.25. The van der Waals surface area contributed by atoms with Crippen molar-refractivity contribution in [2.45, 2.75) is 32.1 Å². The van der Waals surface area contributed by atoms with Crippen LogP contribution in [0.15, 0.2) is 0 Å². The van der Waals surface area contributed by atoms with Gasteiger partial charge < -0.3 is 0 Å². The van der Waals surface area contributed by atoms with E-state index >= 15 is 0 Å². The SMILES string of the molecule is F[C+]1CCCCC1. The Morgan fingerprint density at radius 2 is 1.57 bits per heavy atom. The van der Waals surface area contributed by atoms with Gasteiger partial charge in [0.05, 0.1) is 0 Å². The van der Waals surface area contributed by atoms with E-state index in [1.54, 1.807) is 0 Å². The largest absolute Gasteiger partial charge is 0.299 e. The van der Waals surface area contributed by atoms with E-state index in [-0.39, 0.29) is 6.17 Å². The number of halogens is 1. The number of hydrogen-bond acceptors (Lipinski definition) is 0. The first-order valence-electron chi connectivity index (χ1n) is 2.90. The Labute approximate surface area is 43.7 Å². The Morgan fingerprint density at radius 3 is 1.86 bits per heavy atom. The molecule has 1 saturated carbocycles. The van der Waals surface area contributed by atoms with Gasteiger partial charge in [0.2, 0.25) is 0 Å². The first-order chi connectivity index (χ1) is 3.39. The summed E-state index contributed by atoms with van der Waals surface area (Å²) in [4.78, 5) is 0. The van der Waals surface area contributed by atoms with Gasteiger partial charge in [-0.25, -0.2) is 0 Å². The van der Waals surface area contributed by atoms with Crippen LogP contribution in [-0.2, 0) is 0 Å². The molecule has 0 radical (unpaired) electrons. The van der Waals surface area contributed by atoms with E-state index in [2.05, 4.69) is 0 Å². The van der Waals surface area contributed by atoms with Crippen LogP contribution in [0.1, 0.15) is 32.1 Å². The molecule has 0 saturated heterocycles. The Hall–Kier alpha value is -0.200. The molecule has 0 bridgehead atoms. The Kier molecular flexibility index (Phi) is 1.55. The van der Waals surface area contributed by atoms with Crippen molar-refractivity contribution in [1.82, 2.24) is 0 Å². The van der Waals surface area contributed by atoms with E-state index < -0.39 is 0 Å². The average molecular weight is 101 g/mol. The van der Waals surface area contributed by atoms with Gasteiger partial charge >= 0.3 is 0 Å². The standard InChI is InChI=1S/C6H10F/c7-6-4-2-1-3-5-6/h1-5H2/q+1. The lowest BCUT2D eigenvalue weighted by Gasteiger charge is -2.00. The van der Waals surface area contributed by atoms with Gasteiger partial charge in [-0.3, -0.25) is 0 Å². The monoisotopic (exact) mass is 101 g/mol. The lowest BCUT2D eigenvalue weighted by Crippen LogP contribution is -1.96. The highest BCUT2D eigenvalue weighted by atomic mass is 19.1. The second-order valence-corrected chi connectivity index (χ2v) is 2.08. The number of hydrogen-bond donors (Lipinski definition) is 0. The lowest BCUT2D eigenvalue weighted by molar-refractivity contribution is 0.366. The van der Waals surface area contributed by atoms with Crippen LogP contribution < -0.4 is 0 Å². The minimum atomic E-state index is 0.214. The molecule has 7 heavy (non-hydrogen) atoms. The van der Waals surface area contributed by atoms with Crippen molar-refractivity contribution in [1.29, 1.82) is 0 Å². The molecule has 0 atom stereocenters. The van der Waals surface area contributed by atoms with Crippen molar-refractivity contribution in [2.24, 2.45) is 0 Å². The lowest BCUT2D eigenvalue weighted by atomic mass is 9.99. The third-order valence-corrected chi connectivity index (χ3v) is 1.40. The average Bonchev–Trinajstić information content (AvgIpc) is 1.69. The van der Waals surface area contributed by atoms with Crippen molar-refractivity contribution in [3.05, 3.63) is 6.17 Å². The second-order valence-electron chi connectivity index (χ2n) is 2.08. The van der Waals surface area contributed by atoms with E-state index in [1.807, 2.05) is 0 Å². The first-order valence-corrected chi connectivity index (χ1v) is 2.90. The van der Waals surface area contributed by atoms with E-state index in [9.17, 15) is 4.39 Å². The molecule has 0 nitrogen and oxygen atoms in total. The van der Waals surface area contributed by atoms with Crippen LogP contribution >= 0.6 is 0 Å². The molecule has 0 aromatic heterocycles. The summed E-state index contributed by atoms with van der Waals surface area (Å²) in [6.45, 7) is 0. The fourth-order valence-corrected chi connectivity index (χ4v) is 0.935. The zero-order valence-electron chi connectivity index (χ0n) is 4.41. The maximum atomic E-state index is 12.1. The summed E-state index contributed by atoms with van der Waals surface area (Å²) in [5, 5.41) is 0. The second kappa shape index (κ2) is 2.20. The van der Waals surface area contributed by atoms with Crippen molar-refractivity contribution >= 4 is 0 Å². The quantitative estimate of drug-likeness (QED) is 0.411. The van der Waals surface area contributed by atoms with Gasteiger partial charge in [0.15, 0.2) is 0 Å².